The molecule has 6 nitrogen and oxygen atoms in total. The number of halogens is 1. The molecule has 7 heteroatoms. The van der Waals surface area contributed by atoms with Crippen molar-refractivity contribution < 1.29 is 14.4 Å². The molecule has 1 aliphatic carbocycles. The Balaban J connectivity index is 1.60. The molecule has 0 aromatic heterocycles. The lowest BCUT2D eigenvalue weighted by Crippen LogP contribution is -2.33. The van der Waals surface area contributed by atoms with Crippen molar-refractivity contribution in [3.63, 3.8) is 0 Å². The van der Waals surface area contributed by atoms with E-state index in [0.29, 0.717) is 23.7 Å². The molecule has 0 atom stereocenters. The van der Waals surface area contributed by atoms with Gasteiger partial charge in [-0.05, 0) is 43.9 Å². The molecule has 3 N–H and O–H groups in total. The van der Waals surface area contributed by atoms with Crippen LogP contribution in [0.25, 0.3) is 0 Å². The fraction of sp³-hybridized carbons (Fsp3) is 0.471. The number of carbonyl (C=O) groups is 3. The lowest BCUT2D eigenvalue weighted by molar-refractivity contribution is -0.124. The number of hydrogen-bond acceptors (Lipinski definition) is 3. The summed E-state index contributed by atoms with van der Waals surface area (Å²) in [5, 5.41) is 8.46. The van der Waals surface area contributed by atoms with Gasteiger partial charge in [0.2, 0.25) is 17.7 Å². The van der Waals surface area contributed by atoms with Crippen molar-refractivity contribution in [2.45, 2.75) is 32.6 Å². The smallest absolute Gasteiger partial charge is 0.243 e. The number of benzene rings is 1. The SMILES string of the molecule is Cc1ccc(NC(=O)CNC(=O)CCCNC(=O)C2CC2)c(Cl)c1. The van der Waals surface area contributed by atoms with Crippen LogP contribution in [-0.2, 0) is 14.4 Å². The van der Waals surface area contributed by atoms with Crippen LogP contribution in [0.15, 0.2) is 18.2 Å². The van der Waals surface area contributed by atoms with Gasteiger partial charge in [0, 0.05) is 18.9 Å². The Hall–Kier alpha value is -2.08. The van der Waals surface area contributed by atoms with Crippen molar-refractivity contribution in [1.82, 2.24) is 10.6 Å². The third-order valence-electron chi connectivity index (χ3n) is 3.67. The topological polar surface area (TPSA) is 87.3 Å². The molecular formula is C17H22ClN3O3. The van der Waals surface area contributed by atoms with Gasteiger partial charge < -0.3 is 16.0 Å². The van der Waals surface area contributed by atoms with Gasteiger partial charge in [-0.1, -0.05) is 17.7 Å². The van der Waals surface area contributed by atoms with Gasteiger partial charge in [-0.25, -0.2) is 0 Å². The van der Waals surface area contributed by atoms with Crippen LogP contribution in [-0.4, -0.2) is 30.8 Å². The first-order valence-electron chi connectivity index (χ1n) is 8.06. The summed E-state index contributed by atoms with van der Waals surface area (Å²) in [6.45, 7) is 2.27. The molecular weight excluding hydrogens is 330 g/mol. The van der Waals surface area contributed by atoms with E-state index in [-0.39, 0.29) is 36.6 Å². The highest BCUT2D eigenvalue weighted by molar-refractivity contribution is 6.33. The number of nitrogens with one attached hydrogen (secondary N) is 3. The zero-order chi connectivity index (χ0) is 17.5. The lowest BCUT2D eigenvalue weighted by Gasteiger charge is -2.09. The number of carbonyl (C=O) groups excluding carboxylic acids is 3. The number of aryl methyl sites for hydroxylation is 1. The summed E-state index contributed by atoms with van der Waals surface area (Å²) >= 11 is 6.04. The minimum absolute atomic E-state index is 0.0739. The molecule has 3 amide bonds. The van der Waals surface area contributed by atoms with Crippen LogP contribution in [0.2, 0.25) is 5.02 Å². The highest BCUT2D eigenvalue weighted by Crippen LogP contribution is 2.28. The Labute approximate surface area is 146 Å². The molecule has 1 aliphatic rings. The summed E-state index contributed by atoms with van der Waals surface area (Å²) in [5.41, 5.74) is 1.52. The van der Waals surface area contributed by atoms with Gasteiger partial charge in [-0.15, -0.1) is 0 Å². The predicted octanol–water partition coefficient (Wildman–Crippen LogP) is 2.01. The van der Waals surface area contributed by atoms with Crippen molar-refractivity contribution in [2.24, 2.45) is 5.92 Å². The normalized spacial score (nSPS) is 13.2. The minimum atomic E-state index is -0.337. The summed E-state index contributed by atoms with van der Waals surface area (Å²) < 4.78 is 0. The summed E-state index contributed by atoms with van der Waals surface area (Å²) in [5.74, 6) is -0.308. The van der Waals surface area contributed by atoms with Crippen molar-refractivity contribution in [3.8, 4) is 0 Å². The van der Waals surface area contributed by atoms with E-state index in [4.69, 9.17) is 11.6 Å². The van der Waals surface area contributed by atoms with Crippen molar-refractivity contribution in [3.05, 3.63) is 28.8 Å². The summed E-state index contributed by atoms with van der Waals surface area (Å²) in [4.78, 5) is 34.9. The van der Waals surface area contributed by atoms with E-state index in [9.17, 15) is 14.4 Å². The van der Waals surface area contributed by atoms with Gasteiger partial charge in [-0.3, -0.25) is 14.4 Å². The molecule has 1 aromatic rings. The molecule has 0 aliphatic heterocycles. The standard InChI is InChI=1S/C17H22ClN3O3/c1-11-4-7-14(13(18)9-11)21-16(23)10-20-15(22)3-2-8-19-17(24)12-5-6-12/h4,7,9,12H,2-3,5-6,8,10H2,1H3,(H,19,24)(H,20,22)(H,21,23). The first-order chi connectivity index (χ1) is 11.5. The van der Waals surface area contributed by atoms with Crippen LogP contribution in [0, 0.1) is 12.8 Å². The van der Waals surface area contributed by atoms with Gasteiger partial charge in [0.15, 0.2) is 0 Å². The van der Waals surface area contributed by atoms with Crippen molar-refractivity contribution in [1.29, 1.82) is 0 Å². The summed E-state index contributed by atoms with van der Waals surface area (Å²) in [6, 6.07) is 5.32. The first-order valence-corrected chi connectivity index (χ1v) is 8.44. The number of anilines is 1. The molecule has 0 radical (unpaired) electrons. The predicted molar refractivity (Wildman–Crippen MR) is 92.8 cm³/mol. The average molecular weight is 352 g/mol. The van der Waals surface area contributed by atoms with Gasteiger partial charge in [-0.2, -0.15) is 0 Å². The van der Waals surface area contributed by atoms with E-state index in [2.05, 4.69) is 16.0 Å². The van der Waals surface area contributed by atoms with Crippen molar-refractivity contribution >= 4 is 35.0 Å². The highest BCUT2D eigenvalue weighted by Gasteiger charge is 2.28. The zero-order valence-corrected chi connectivity index (χ0v) is 14.4. The highest BCUT2D eigenvalue weighted by atomic mass is 35.5. The second-order valence-corrected chi connectivity index (χ2v) is 6.38. The second-order valence-electron chi connectivity index (χ2n) is 5.98. The minimum Gasteiger partial charge on any atom is -0.356 e. The molecule has 1 fully saturated rings. The Kier molecular flexibility index (Phi) is 6.61. The van der Waals surface area contributed by atoms with Crippen LogP contribution < -0.4 is 16.0 Å². The molecule has 0 bridgehead atoms. The maximum Gasteiger partial charge on any atom is 0.243 e. The fourth-order valence-corrected chi connectivity index (χ4v) is 2.42. The van der Waals surface area contributed by atoms with Gasteiger partial charge in [0.05, 0.1) is 17.3 Å². The Bertz CT molecular complexity index is 630. The Morgan fingerprint density at radius 2 is 1.92 bits per heavy atom. The van der Waals surface area contributed by atoms with E-state index >= 15 is 0 Å². The van der Waals surface area contributed by atoms with Crippen LogP contribution in [0.1, 0.15) is 31.2 Å². The molecule has 0 unspecified atom stereocenters. The Morgan fingerprint density at radius 3 is 2.58 bits per heavy atom. The molecule has 0 spiro atoms. The van der Waals surface area contributed by atoms with Crippen LogP contribution in [0.5, 0.6) is 0 Å². The number of rotatable bonds is 8. The van der Waals surface area contributed by atoms with Gasteiger partial charge in [0.1, 0.15) is 0 Å². The van der Waals surface area contributed by atoms with Crippen LogP contribution >= 0.6 is 11.6 Å². The zero-order valence-electron chi connectivity index (χ0n) is 13.7. The van der Waals surface area contributed by atoms with E-state index in [1.54, 1.807) is 12.1 Å². The Morgan fingerprint density at radius 1 is 1.17 bits per heavy atom. The van der Waals surface area contributed by atoms with Gasteiger partial charge in [0.25, 0.3) is 0 Å². The molecule has 0 saturated heterocycles. The van der Waals surface area contributed by atoms with Crippen LogP contribution in [0.4, 0.5) is 5.69 Å². The van der Waals surface area contributed by atoms with E-state index in [1.165, 1.54) is 0 Å². The summed E-state index contributed by atoms with van der Waals surface area (Å²) in [6.07, 6.45) is 2.75. The quantitative estimate of drug-likeness (QED) is 0.626. The molecule has 1 saturated carbocycles. The molecule has 1 aromatic carbocycles. The largest absolute Gasteiger partial charge is 0.356 e. The molecule has 2 rings (SSSR count). The van der Waals surface area contributed by atoms with E-state index in [1.807, 2.05) is 13.0 Å². The molecule has 0 heterocycles. The van der Waals surface area contributed by atoms with Crippen molar-refractivity contribution in [2.75, 3.05) is 18.4 Å². The maximum atomic E-state index is 11.8. The maximum absolute atomic E-state index is 11.8. The van der Waals surface area contributed by atoms with E-state index < -0.39 is 0 Å². The van der Waals surface area contributed by atoms with Gasteiger partial charge >= 0.3 is 0 Å². The van der Waals surface area contributed by atoms with E-state index in [0.717, 1.165) is 18.4 Å². The fourth-order valence-electron chi connectivity index (χ4n) is 2.13. The second kappa shape index (κ2) is 8.68. The lowest BCUT2D eigenvalue weighted by atomic mass is 10.2. The molecule has 130 valence electrons. The molecule has 24 heavy (non-hydrogen) atoms. The first kappa shape index (κ1) is 18.3. The van der Waals surface area contributed by atoms with Crippen LogP contribution in [0.3, 0.4) is 0 Å². The average Bonchev–Trinajstić information content (AvgIpc) is 3.37. The third kappa shape index (κ3) is 6.20. The monoisotopic (exact) mass is 351 g/mol. The summed E-state index contributed by atoms with van der Waals surface area (Å²) in [7, 11) is 0. The number of hydrogen-bond donors (Lipinski definition) is 3. The third-order valence-corrected chi connectivity index (χ3v) is 3.99. The number of amides is 3.